The summed E-state index contributed by atoms with van der Waals surface area (Å²) in [6.07, 6.45) is 3.95. The second-order valence-electron chi connectivity index (χ2n) is 4.53. The highest BCUT2D eigenvalue weighted by Crippen LogP contribution is 2.03. The number of aliphatic hydroxyl groups is 1. The molecule has 0 radical (unpaired) electrons. The van der Waals surface area contributed by atoms with Crippen LogP contribution in [0.2, 0.25) is 19.6 Å². The Hall–Kier alpha value is -0.263. The van der Waals surface area contributed by atoms with Gasteiger partial charge in [-0.05, 0) is 12.8 Å². The van der Waals surface area contributed by atoms with Crippen molar-refractivity contribution in [2.24, 2.45) is 0 Å². The Morgan fingerprint density at radius 2 is 1.85 bits per heavy atom. The van der Waals surface area contributed by atoms with E-state index in [4.69, 9.17) is 0 Å². The van der Waals surface area contributed by atoms with Crippen LogP contribution in [0.25, 0.3) is 0 Å². The van der Waals surface area contributed by atoms with E-state index < -0.39 is 14.2 Å². The predicted molar refractivity (Wildman–Crippen MR) is 61.3 cm³/mol. The van der Waals surface area contributed by atoms with Crippen molar-refractivity contribution in [3.63, 3.8) is 0 Å². The van der Waals surface area contributed by atoms with Crippen LogP contribution in [0.5, 0.6) is 0 Å². The van der Waals surface area contributed by atoms with E-state index in [9.17, 15) is 5.11 Å². The van der Waals surface area contributed by atoms with Crippen LogP contribution in [0, 0.1) is 11.5 Å². The molecule has 0 aliphatic heterocycles. The molecule has 0 amide bonds. The Balaban J connectivity index is 3.71. The van der Waals surface area contributed by atoms with Crippen molar-refractivity contribution in [3.05, 3.63) is 0 Å². The summed E-state index contributed by atoms with van der Waals surface area (Å²) in [5, 5.41) is 9.49. The van der Waals surface area contributed by atoms with Crippen molar-refractivity contribution in [1.29, 1.82) is 0 Å². The molecule has 2 heteroatoms. The van der Waals surface area contributed by atoms with Crippen molar-refractivity contribution in [2.45, 2.75) is 58.4 Å². The second-order valence-corrected chi connectivity index (χ2v) is 9.28. The van der Waals surface area contributed by atoms with E-state index in [0.29, 0.717) is 0 Å². The Morgan fingerprint density at radius 1 is 1.23 bits per heavy atom. The molecule has 0 aliphatic rings. The van der Waals surface area contributed by atoms with Crippen molar-refractivity contribution >= 4 is 8.07 Å². The van der Waals surface area contributed by atoms with Gasteiger partial charge >= 0.3 is 0 Å². The summed E-state index contributed by atoms with van der Waals surface area (Å²) in [6, 6.07) is 0. The van der Waals surface area contributed by atoms with Gasteiger partial charge in [0.25, 0.3) is 0 Å². The third-order valence-electron chi connectivity index (χ3n) is 1.69. The Labute approximate surface area is 83.6 Å². The highest BCUT2D eigenvalue weighted by molar-refractivity contribution is 6.83. The lowest BCUT2D eigenvalue weighted by atomic mass is 10.1. The molecule has 1 N–H and O–H groups in total. The maximum Gasteiger partial charge on any atom is 0.129 e. The first-order valence-corrected chi connectivity index (χ1v) is 8.66. The average Bonchev–Trinajstić information content (AvgIpc) is 2.00. The smallest absolute Gasteiger partial charge is 0.129 e. The second kappa shape index (κ2) is 6.23. The molecule has 0 saturated heterocycles. The van der Waals surface area contributed by atoms with Crippen LogP contribution in [-0.4, -0.2) is 19.3 Å². The Bertz CT molecular complexity index is 182. The molecule has 0 bridgehead atoms. The number of rotatable bonds is 4. The van der Waals surface area contributed by atoms with Gasteiger partial charge in [-0.2, -0.15) is 0 Å². The number of hydrogen-bond donors (Lipinski definition) is 1. The van der Waals surface area contributed by atoms with E-state index in [1.54, 1.807) is 0 Å². The molecule has 0 saturated carbocycles. The van der Waals surface area contributed by atoms with Crippen LogP contribution in [-0.2, 0) is 0 Å². The fraction of sp³-hybridized carbons (Fsp3) is 0.818. The predicted octanol–water partition coefficient (Wildman–Crippen LogP) is 2.81. The summed E-state index contributed by atoms with van der Waals surface area (Å²) in [7, 11) is -1.29. The molecular formula is C11H22OSi. The van der Waals surface area contributed by atoms with Gasteiger partial charge in [0.2, 0.25) is 0 Å². The zero-order chi connectivity index (χ0) is 10.3. The van der Waals surface area contributed by atoms with Gasteiger partial charge in [-0.25, -0.2) is 0 Å². The van der Waals surface area contributed by atoms with E-state index in [1.807, 2.05) is 0 Å². The first kappa shape index (κ1) is 12.7. The lowest BCUT2D eigenvalue weighted by molar-refractivity contribution is 0.217. The summed E-state index contributed by atoms with van der Waals surface area (Å²) in [5.74, 6) is 2.95. The third-order valence-corrected chi connectivity index (χ3v) is 2.59. The van der Waals surface area contributed by atoms with E-state index in [1.165, 1.54) is 12.8 Å². The lowest BCUT2D eigenvalue weighted by Gasteiger charge is -2.06. The van der Waals surface area contributed by atoms with Gasteiger partial charge < -0.3 is 5.11 Å². The van der Waals surface area contributed by atoms with E-state index in [2.05, 4.69) is 38.0 Å². The maximum absolute atomic E-state index is 9.49. The summed E-state index contributed by atoms with van der Waals surface area (Å²) in [5.41, 5.74) is 3.19. The first-order valence-electron chi connectivity index (χ1n) is 5.16. The molecule has 1 atom stereocenters. The van der Waals surface area contributed by atoms with Gasteiger partial charge in [-0.15, -0.1) is 5.54 Å². The largest absolute Gasteiger partial charge is 0.380 e. The summed E-state index contributed by atoms with van der Waals surface area (Å²) in [6.45, 7) is 8.75. The van der Waals surface area contributed by atoms with E-state index in [-0.39, 0.29) is 0 Å². The molecule has 0 aromatic carbocycles. The normalized spacial score (nSPS) is 13.3. The van der Waals surface area contributed by atoms with Gasteiger partial charge in [-0.3, -0.25) is 0 Å². The molecule has 13 heavy (non-hydrogen) atoms. The topological polar surface area (TPSA) is 20.2 Å². The van der Waals surface area contributed by atoms with Crippen LogP contribution < -0.4 is 0 Å². The van der Waals surface area contributed by atoms with E-state index in [0.717, 1.165) is 12.8 Å². The minimum atomic E-state index is -1.29. The van der Waals surface area contributed by atoms with Gasteiger partial charge in [0, 0.05) is 0 Å². The molecule has 76 valence electrons. The molecular weight excluding hydrogens is 176 g/mol. The molecule has 0 spiro atoms. The third kappa shape index (κ3) is 9.65. The highest BCUT2D eigenvalue weighted by atomic mass is 28.3. The number of unbranched alkanes of at least 4 members (excludes halogenated alkanes) is 2. The van der Waals surface area contributed by atoms with Gasteiger partial charge in [0.1, 0.15) is 14.2 Å². The van der Waals surface area contributed by atoms with Crippen LogP contribution in [0.3, 0.4) is 0 Å². The molecule has 0 heterocycles. The minimum absolute atomic E-state index is 0.390. The zero-order valence-electron chi connectivity index (χ0n) is 9.35. The fourth-order valence-corrected chi connectivity index (χ4v) is 1.56. The van der Waals surface area contributed by atoms with E-state index >= 15 is 0 Å². The molecule has 1 nitrogen and oxygen atoms in total. The highest BCUT2D eigenvalue weighted by Gasteiger charge is 2.08. The quantitative estimate of drug-likeness (QED) is 0.418. The van der Waals surface area contributed by atoms with Crippen molar-refractivity contribution in [3.8, 4) is 11.5 Å². The zero-order valence-corrected chi connectivity index (χ0v) is 10.4. The molecule has 0 aromatic rings. The van der Waals surface area contributed by atoms with Gasteiger partial charge in [0.05, 0.1) is 0 Å². The molecule has 0 aliphatic carbocycles. The molecule has 0 rings (SSSR count). The lowest BCUT2D eigenvalue weighted by Crippen LogP contribution is -2.17. The Morgan fingerprint density at radius 3 is 2.31 bits per heavy atom. The van der Waals surface area contributed by atoms with Crippen LogP contribution in [0.4, 0.5) is 0 Å². The maximum atomic E-state index is 9.49. The van der Waals surface area contributed by atoms with Crippen LogP contribution >= 0.6 is 0 Å². The standard InChI is InChI=1S/C11H22OSi/c1-5-6-7-8-11(12)9-10-13(2,3)4/h11-12H,5-8H2,1-4H3. The minimum Gasteiger partial charge on any atom is -0.380 e. The van der Waals surface area contributed by atoms with Crippen molar-refractivity contribution < 1.29 is 5.11 Å². The molecule has 0 fully saturated rings. The SMILES string of the molecule is CCCCCC(O)C#C[Si](C)(C)C. The molecule has 1 unspecified atom stereocenters. The van der Waals surface area contributed by atoms with Crippen molar-refractivity contribution in [2.75, 3.05) is 0 Å². The van der Waals surface area contributed by atoms with Gasteiger partial charge in [-0.1, -0.05) is 45.3 Å². The Kier molecular flexibility index (Phi) is 6.10. The monoisotopic (exact) mass is 198 g/mol. The summed E-state index contributed by atoms with van der Waals surface area (Å²) in [4.78, 5) is 0. The van der Waals surface area contributed by atoms with Crippen LogP contribution in [0.15, 0.2) is 0 Å². The number of aliphatic hydroxyl groups excluding tert-OH is 1. The molecule has 0 aromatic heterocycles. The van der Waals surface area contributed by atoms with Crippen molar-refractivity contribution in [1.82, 2.24) is 0 Å². The van der Waals surface area contributed by atoms with Crippen LogP contribution in [0.1, 0.15) is 32.6 Å². The summed E-state index contributed by atoms with van der Waals surface area (Å²) >= 11 is 0. The first-order chi connectivity index (χ1) is 5.95. The number of hydrogen-bond acceptors (Lipinski definition) is 1. The van der Waals surface area contributed by atoms with Gasteiger partial charge in [0.15, 0.2) is 0 Å². The fourth-order valence-electron chi connectivity index (χ4n) is 0.960. The average molecular weight is 198 g/mol. The summed E-state index contributed by atoms with van der Waals surface area (Å²) < 4.78 is 0.